The summed E-state index contributed by atoms with van der Waals surface area (Å²) in [5.41, 5.74) is -0.0682. The molecule has 2 heterocycles. The highest BCUT2D eigenvalue weighted by Crippen LogP contribution is 2.30. The summed E-state index contributed by atoms with van der Waals surface area (Å²) >= 11 is 6.21. The Labute approximate surface area is 144 Å². The van der Waals surface area contributed by atoms with Crippen molar-refractivity contribution in [1.82, 2.24) is 19.3 Å². The van der Waals surface area contributed by atoms with Gasteiger partial charge in [0.15, 0.2) is 16.5 Å². The lowest BCUT2D eigenvalue weighted by atomic mass is 10.1. The third kappa shape index (κ3) is 3.05. The van der Waals surface area contributed by atoms with E-state index in [0.717, 1.165) is 5.69 Å². The van der Waals surface area contributed by atoms with Gasteiger partial charge in [-0.1, -0.05) is 23.7 Å². The molecule has 0 aliphatic heterocycles. The molecule has 0 saturated carbocycles. The minimum absolute atomic E-state index is 0.000333. The second-order valence-electron chi connectivity index (χ2n) is 6.25. The molecule has 0 aliphatic rings. The Morgan fingerprint density at radius 1 is 1.17 bits per heavy atom. The first-order chi connectivity index (χ1) is 11.4. The molecule has 1 aromatic carbocycles. The number of para-hydroxylation sites is 2. The van der Waals surface area contributed by atoms with E-state index in [4.69, 9.17) is 16.3 Å². The fourth-order valence-corrected chi connectivity index (χ4v) is 2.41. The number of aromatic nitrogens is 4. The van der Waals surface area contributed by atoms with Gasteiger partial charge in [-0.3, -0.25) is 4.79 Å². The third-order valence-corrected chi connectivity index (χ3v) is 3.74. The Balaban J connectivity index is 2.02. The largest absolute Gasteiger partial charge is 0.452 e. The summed E-state index contributed by atoms with van der Waals surface area (Å²) in [6.07, 6.45) is 6.61. The molecule has 0 atom stereocenters. The molecule has 2 aromatic heterocycles. The Bertz CT molecular complexity index is 911. The first-order valence-electron chi connectivity index (χ1n) is 7.41. The van der Waals surface area contributed by atoms with Crippen molar-refractivity contribution in [2.24, 2.45) is 0 Å². The van der Waals surface area contributed by atoms with E-state index in [9.17, 15) is 4.79 Å². The number of nitrogens with zero attached hydrogens (tertiary/aromatic N) is 4. The van der Waals surface area contributed by atoms with Crippen LogP contribution in [0.3, 0.4) is 0 Å². The number of imidazole rings is 1. The van der Waals surface area contributed by atoms with Crippen molar-refractivity contribution in [3.63, 3.8) is 0 Å². The molecule has 0 bridgehead atoms. The topological polar surface area (TPSA) is 61.9 Å². The van der Waals surface area contributed by atoms with Crippen LogP contribution in [0.4, 0.5) is 0 Å². The predicted octanol–water partition coefficient (Wildman–Crippen LogP) is 3.63. The minimum Gasteiger partial charge on any atom is -0.452 e. The lowest BCUT2D eigenvalue weighted by Crippen LogP contribution is -2.36. The minimum atomic E-state index is -0.464. The van der Waals surface area contributed by atoms with Crippen molar-refractivity contribution in [1.29, 1.82) is 0 Å². The van der Waals surface area contributed by atoms with Gasteiger partial charge in [-0.15, -0.1) is 0 Å². The molecule has 24 heavy (non-hydrogen) atoms. The lowest BCUT2D eigenvalue weighted by Gasteiger charge is -2.21. The summed E-state index contributed by atoms with van der Waals surface area (Å²) in [5.74, 6) is 0.766. The highest BCUT2D eigenvalue weighted by Gasteiger charge is 2.20. The molecule has 0 saturated heterocycles. The van der Waals surface area contributed by atoms with E-state index in [1.165, 1.54) is 10.9 Å². The van der Waals surface area contributed by atoms with Gasteiger partial charge in [0.1, 0.15) is 0 Å². The zero-order valence-electron chi connectivity index (χ0n) is 13.6. The fourth-order valence-electron chi connectivity index (χ4n) is 2.24. The highest BCUT2D eigenvalue weighted by molar-refractivity contribution is 6.31. The number of hydrogen-bond acceptors (Lipinski definition) is 4. The Morgan fingerprint density at radius 2 is 1.92 bits per heavy atom. The van der Waals surface area contributed by atoms with Crippen molar-refractivity contribution >= 4 is 11.6 Å². The van der Waals surface area contributed by atoms with Crippen LogP contribution in [0.25, 0.3) is 5.69 Å². The van der Waals surface area contributed by atoms with Crippen LogP contribution in [0.15, 0.2) is 54.0 Å². The van der Waals surface area contributed by atoms with Gasteiger partial charge in [0.2, 0.25) is 0 Å². The Morgan fingerprint density at radius 3 is 2.58 bits per heavy atom. The molecular weight excluding hydrogens is 328 g/mol. The number of hydrogen-bond donors (Lipinski definition) is 0. The summed E-state index contributed by atoms with van der Waals surface area (Å²) in [5, 5.41) is 4.17. The van der Waals surface area contributed by atoms with E-state index in [1.807, 2.05) is 43.5 Å². The second kappa shape index (κ2) is 6.13. The zero-order chi connectivity index (χ0) is 17.3. The molecule has 0 N–H and O–H groups in total. The smallest absolute Gasteiger partial charge is 0.289 e. The summed E-state index contributed by atoms with van der Waals surface area (Å²) in [4.78, 5) is 16.4. The summed E-state index contributed by atoms with van der Waals surface area (Å²) in [7, 11) is 0. The fraction of sp³-hybridized carbons (Fsp3) is 0.235. The average Bonchev–Trinajstić information content (AvgIpc) is 3.05. The van der Waals surface area contributed by atoms with Crippen LogP contribution < -0.4 is 10.3 Å². The van der Waals surface area contributed by atoms with Crippen LogP contribution in [0.5, 0.6) is 11.5 Å². The van der Waals surface area contributed by atoms with Crippen LogP contribution in [-0.4, -0.2) is 19.3 Å². The molecule has 3 rings (SSSR count). The van der Waals surface area contributed by atoms with Crippen molar-refractivity contribution in [2.75, 3.05) is 0 Å². The Kier molecular flexibility index (Phi) is 4.15. The van der Waals surface area contributed by atoms with Crippen molar-refractivity contribution < 1.29 is 4.74 Å². The van der Waals surface area contributed by atoms with Crippen LogP contribution in [-0.2, 0) is 5.54 Å². The normalized spacial score (nSPS) is 11.5. The predicted molar refractivity (Wildman–Crippen MR) is 92.1 cm³/mol. The van der Waals surface area contributed by atoms with Gasteiger partial charge in [0, 0.05) is 12.4 Å². The van der Waals surface area contributed by atoms with Crippen LogP contribution >= 0.6 is 11.6 Å². The molecule has 0 fully saturated rings. The van der Waals surface area contributed by atoms with E-state index in [-0.39, 0.29) is 16.3 Å². The van der Waals surface area contributed by atoms with Crippen LogP contribution in [0, 0.1) is 0 Å². The molecule has 0 spiro atoms. The van der Waals surface area contributed by atoms with Gasteiger partial charge in [-0.2, -0.15) is 5.10 Å². The number of ether oxygens (including phenoxy) is 1. The zero-order valence-corrected chi connectivity index (χ0v) is 14.4. The highest BCUT2D eigenvalue weighted by atomic mass is 35.5. The number of benzene rings is 1. The maximum Gasteiger partial charge on any atom is 0.289 e. The molecular formula is C17H17ClN4O2. The van der Waals surface area contributed by atoms with Gasteiger partial charge in [0.05, 0.1) is 23.8 Å². The van der Waals surface area contributed by atoms with E-state index in [1.54, 1.807) is 24.8 Å². The molecule has 3 aromatic rings. The lowest BCUT2D eigenvalue weighted by molar-refractivity contribution is 0.333. The summed E-state index contributed by atoms with van der Waals surface area (Å²) in [6.45, 7) is 5.64. The molecule has 6 nitrogen and oxygen atoms in total. The third-order valence-electron chi connectivity index (χ3n) is 3.39. The van der Waals surface area contributed by atoms with Crippen molar-refractivity contribution in [3.05, 3.63) is 64.6 Å². The quantitative estimate of drug-likeness (QED) is 0.728. The van der Waals surface area contributed by atoms with Gasteiger partial charge in [-0.25, -0.2) is 9.67 Å². The summed E-state index contributed by atoms with van der Waals surface area (Å²) < 4.78 is 9.01. The SMILES string of the molecule is CC(C)(C)n1ncc(Oc2ccccc2-n2ccnc2)c(Cl)c1=O. The standard InChI is InChI=1S/C17H17ClN4O2/c1-17(2,3)22-16(23)15(18)14(10-20-22)24-13-7-5-4-6-12(13)21-9-8-19-11-21/h4-11H,1-3H3. The molecule has 0 amide bonds. The molecule has 0 unspecified atom stereocenters. The summed E-state index contributed by atoms with van der Waals surface area (Å²) in [6, 6.07) is 7.41. The van der Waals surface area contributed by atoms with Crippen molar-refractivity contribution in [3.8, 4) is 17.2 Å². The number of rotatable bonds is 3. The van der Waals surface area contributed by atoms with E-state index < -0.39 is 5.54 Å². The van der Waals surface area contributed by atoms with Crippen LogP contribution in [0.2, 0.25) is 5.02 Å². The molecule has 0 aliphatic carbocycles. The van der Waals surface area contributed by atoms with E-state index in [0.29, 0.717) is 5.75 Å². The maximum absolute atomic E-state index is 12.4. The monoisotopic (exact) mass is 344 g/mol. The van der Waals surface area contributed by atoms with Crippen LogP contribution in [0.1, 0.15) is 20.8 Å². The van der Waals surface area contributed by atoms with E-state index in [2.05, 4.69) is 10.1 Å². The number of halogens is 1. The first kappa shape index (κ1) is 16.3. The van der Waals surface area contributed by atoms with Gasteiger partial charge in [-0.05, 0) is 32.9 Å². The molecule has 0 radical (unpaired) electrons. The Hall–Kier alpha value is -2.60. The van der Waals surface area contributed by atoms with E-state index >= 15 is 0 Å². The molecule has 7 heteroatoms. The molecule has 124 valence electrons. The van der Waals surface area contributed by atoms with Gasteiger partial charge < -0.3 is 9.30 Å². The van der Waals surface area contributed by atoms with Gasteiger partial charge >= 0.3 is 0 Å². The second-order valence-corrected chi connectivity index (χ2v) is 6.63. The van der Waals surface area contributed by atoms with Gasteiger partial charge in [0.25, 0.3) is 5.56 Å². The first-order valence-corrected chi connectivity index (χ1v) is 7.79. The maximum atomic E-state index is 12.4. The van der Waals surface area contributed by atoms with Crippen molar-refractivity contribution in [2.45, 2.75) is 26.3 Å². The average molecular weight is 345 g/mol.